The van der Waals surface area contributed by atoms with Gasteiger partial charge < -0.3 is 29.6 Å². The Kier molecular flexibility index (Phi) is 8.11. The van der Waals surface area contributed by atoms with Crippen molar-refractivity contribution in [3.05, 3.63) is 68.5 Å². The van der Waals surface area contributed by atoms with E-state index < -0.39 is 28.3 Å². The van der Waals surface area contributed by atoms with E-state index in [0.717, 1.165) is 30.5 Å². The number of nitrogens with one attached hydrogen (secondary N) is 2. The highest BCUT2D eigenvalue weighted by molar-refractivity contribution is 7.19. The molecule has 50 heavy (non-hydrogen) atoms. The van der Waals surface area contributed by atoms with Gasteiger partial charge in [-0.25, -0.2) is 13.2 Å². The molecule has 2 aliphatic heterocycles. The summed E-state index contributed by atoms with van der Waals surface area (Å²) in [7, 11) is 0. The van der Waals surface area contributed by atoms with E-state index in [4.69, 9.17) is 0 Å². The first-order valence-corrected chi connectivity index (χ1v) is 17.6. The molecule has 4 aromatic heterocycles. The molecular formula is C34H35F3N10O2S. The first-order valence-electron chi connectivity index (χ1n) is 16.8. The average Bonchev–Trinajstić information content (AvgIpc) is 3.71. The monoisotopic (exact) mass is 704 g/mol. The first-order chi connectivity index (χ1) is 24.2. The summed E-state index contributed by atoms with van der Waals surface area (Å²) in [4.78, 5) is 31.8. The van der Waals surface area contributed by atoms with Crippen LogP contribution in [0.2, 0.25) is 0 Å². The minimum Gasteiger partial charge on any atom is -0.367 e. The Morgan fingerprint density at radius 1 is 0.860 bits per heavy atom. The summed E-state index contributed by atoms with van der Waals surface area (Å²) in [6, 6.07) is 4.17. The lowest BCUT2D eigenvalue weighted by atomic mass is 10.1. The third-order valence-corrected chi connectivity index (χ3v) is 10.6. The van der Waals surface area contributed by atoms with E-state index in [1.165, 1.54) is 16.8 Å². The van der Waals surface area contributed by atoms with Gasteiger partial charge in [0, 0.05) is 82.7 Å². The van der Waals surface area contributed by atoms with Crippen LogP contribution in [0.3, 0.4) is 0 Å². The molecule has 6 heterocycles. The molecule has 0 radical (unpaired) electrons. The number of aryl methyl sites for hydroxylation is 2. The number of pyridine rings is 2. The van der Waals surface area contributed by atoms with Crippen molar-refractivity contribution in [1.29, 1.82) is 0 Å². The van der Waals surface area contributed by atoms with Crippen molar-refractivity contribution in [3.8, 4) is 22.0 Å². The highest BCUT2D eigenvalue weighted by Crippen LogP contribution is 2.34. The molecule has 2 fully saturated rings. The van der Waals surface area contributed by atoms with Crippen molar-refractivity contribution in [2.75, 3.05) is 55.6 Å². The lowest BCUT2D eigenvalue weighted by molar-refractivity contribution is 0.470. The van der Waals surface area contributed by atoms with E-state index in [1.54, 1.807) is 21.7 Å². The van der Waals surface area contributed by atoms with Crippen LogP contribution >= 0.6 is 11.3 Å². The molecule has 0 saturated carbocycles. The molecule has 260 valence electrons. The van der Waals surface area contributed by atoms with Gasteiger partial charge in [-0.1, -0.05) is 11.3 Å². The number of aromatic nitrogens is 6. The summed E-state index contributed by atoms with van der Waals surface area (Å²) >= 11 is 1.06. The number of halogens is 3. The zero-order valence-electron chi connectivity index (χ0n) is 27.8. The Bertz CT molecular complexity index is 2430. The highest BCUT2D eigenvalue weighted by Gasteiger charge is 2.28. The summed E-state index contributed by atoms with van der Waals surface area (Å²) in [5.41, 5.74) is 0.221. The van der Waals surface area contributed by atoms with Crippen molar-refractivity contribution in [2.45, 2.75) is 39.9 Å². The number of anilines is 2. The Morgan fingerprint density at radius 3 is 2.30 bits per heavy atom. The van der Waals surface area contributed by atoms with Gasteiger partial charge in [0.05, 0.1) is 33.2 Å². The molecule has 2 aliphatic rings. The lowest BCUT2D eigenvalue weighted by Gasteiger charge is -2.34. The summed E-state index contributed by atoms with van der Waals surface area (Å²) in [6.45, 7) is 10.7. The van der Waals surface area contributed by atoms with Gasteiger partial charge >= 0.3 is 0 Å². The zero-order chi connectivity index (χ0) is 34.8. The molecule has 16 heteroatoms. The van der Waals surface area contributed by atoms with Gasteiger partial charge in [0.1, 0.15) is 17.3 Å². The van der Waals surface area contributed by atoms with E-state index in [0.29, 0.717) is 62.0 Å². The Labute approximate surface area is 287 Å². The topological polar surface area (TPSA) is 118 Å². The average molecular weight is 705 g/mol. The normalized spacial score (nSPS) is 17.1. The molecule has 12 nitrogen and oxygen atoms in total. The van der Waals surface area contributed by atoms with Crippen LogP contribution in [0.5, 0.6) is 0 Å². The van der Waals surface area contributed by atoms with Crippen molar-refractivity contribution in [3.63, 3.8) is 0 Å². The largest absolute Gasteiger partial charge is 0.367 e. The van der Waals surface area contributed by atoms with Crippen LogP contribution in [-0.4, -0.2) is 80.8 Å². The maximum atomic E-state index is 16.2. The van der Waals surface area contributed by atoms with Crippen molar-refractivity contribution in [2.24, 2.45) is 0 Å². The standard InChI is InChI=1S/C34H35F3N10O2S/c1-4-43-16-21(30(48)19-12-23(35)26(14-25(19)43)45-9-6-38-7-10-45)32-40-41-34-47(32)42-33(50-34)22-17-44(5-2)28-20(31(22)49)13-24(36)29(27(28)37)46-11-8-39-18(3)15-46/h12-14,16-18,38-39H,4-11,15H2,1-3H3. The fourth-order valence-electron chi connectivity index (χ4n) is 7.17. The van der Waals surface area contributed by atoms with Crippen LogP contribution in [-0.2, 0) is 13.1 Å². The maximum Gasteiger partial charge on any atom is 0.235 e. The molecule has 2 N–H and O–H groups in total. The lowest BCUT2D eigenvalue weighted by Crippen LogP contribution is -2.49. The molecule has 8 rings (SSSR count). The highest BCUT2D eigenvalue weighted by atomic mass is 32.1. The minimum absolute atomic E-state index is 0.0242. The van der Waals surface area contributed by atoms with Gasteiger partial charge in [0.15, 0.2) is 22.1 Å². The number of benzene rings is 2. The molecule has 1 atom stereocenters. The fourth-order valence-corrected chi connectivity index (χ4v) is 8.01. The Balaban J connectivity index is 1.24. The molecule has 0 bridgehead atoms. The smallest absolute Gasteiger partial charge is 0.235 e. The second-order valence-electron chi connectivity index (χ2n) is 12.7. The van der Waals surface area contributed by atoms with Gasteiger partial charge in [0.25, 0.3) is 0 Å². The van der Waals surface area contributed by atoms with Crippen molar-refractivity contribution < 1.29 is 13.2 Å². The predicted octanol–water partition coefficient (Wildman–Crippen LogP) is 3.81. The molecule has 6 aromatic rings. The van der Waals surface area contributed by atoms with Crippen LogP contribution in [0.1, 0.15) is 20.8 Å². The van der Waals surface area contributed by atoms with E-state index in [-0.39, 0.29) is 50.0 Å². The number of hydrogen-bond donors (Lipinski definition) is 2. The Morgan fingerprint density at radius 2 is 1.56 bits per heavy atom. The first kappa shape index (κ1) is 32.4. The number of fused-ring (bicyclic) bond motifs is 3. The number of nitrogens with zero attached hydrogens (tertiary/aromatic N) is 8. The maximum absolute atomic E-state index is 16.2. The second-order valence-corrected chi connectivity index (χ2v) is 13.7. The summed E-state index contributed by atoms with van der Waals surface area (Å²) in [5, 5.41) is 20.0. The summed E-state index contributed by atoms with van der Waals surface area (Å²) < 4.78 is 52.1. The van der Waals surface area contributed by atoms with Crippen molar-refractivity contribution in [1.82, 2.24) is 39.6 Å². The van der Waals surface area contributed by atoms with Gasteiger partial charge in [-0.2, -0.15) is 9.61 Å². The van der Waals surface area contributed by atoms with Gasteiger partial charge in [0.2, 0.25) is 10.4 Å². The van der Waals surface area contributed by atoms with Crippen LogP contribution in [0.4, 0.5) is 24.5 Å². The van der Waals surface area contributed by atoms with Crippen molar-refractivity contribution >= 4 is 49.5 Å². The van der Waals surface area contributed by atoms with E-state index in [9.17, 15) is 9.59 Å². The van der Waals surface area contributed by atoms with Crippen LogP contribution in [0.25, 0.3) is 48.7 Å². The third kappa shape index (κ3) is 5.15. The summed E-state index contributed by atoms with van der Waals surface area (Å²) in [6.07, 6.45) is 3.20. The Hall–Kier alpha value is -4.80. The molecule has 0 amide bonds. The third-order valence-electron chi connectivity index (χ3n) is 9.66. The van der Waals surface area contributed by atoms with Gasteiger partial charge in [-0.05, 0) is 39.0 Å². The van der Waals surface area contributed by atoms with Gasteiger partial charge in [-0.3, -0.25) is 9.59 Å². The molecule has 0 spiro atoms. The van der Waals surface area contributed by atoms with Gasteiger partial charge in [-0.15, -0.1) is 10.2 Å². The summed E-state index contributed by atoms with van der Waals surface area (Å²) in [5.74, 6) is -1.93. The number of hydrogen-bond acceptors (Lipinski definition) is 10. The SMILES string of the molecule is CCn1cc(-c2nnc3sc(-c4cn(CC)c5c(F)c(N6CCNC(C)C6)c(F)cc5c4=O)nn23)c(=O)c2cc(F)c(N3CCNCC3)cc21. The zero-order valence-corrected chi connectivity index (χ0v) is 28.6. The number of piperazine rings is 2. The quantitative estimate of drug-likeness (QED) is 0.267. The minimum atomic E-state index is -0.804. The molecule has 0 aliphatic carbocycles. The van der Waals surface area contributed by atoms with Crippen LogP contribution < -0.4 is 31.3 Å². The molecule has 2 aromatic carbocycles. The second kappa shape index (κ2) is 12.5. The van der Waals surface area contributed by atoms with E-state index >= 15 is 13.2 Å². The molecule has 2 saturated heterocycles. The van der Waals surface area contributed by atoms with E-state index in [1.807, 2.05) is 30.2 Å². The van der Waals surface area contributed by atoms with Crippen LogP contribution in [0.15, 0.2) is 40.2 Å². The predicted molar refractivity (Wildman–Crippen MR) is 189 cm³/mol. The number of rotatable bonds is 6. The van der Waals surface area contributed by atoms with Crippen LogP contribution in [0, 0.1) is 17.5 Å². The molecule has 1 unspecified atom stereocenters. The molecular weight excluding hydrogens is 670 g/mol. The van der Waals surface area contributed by atoms with E-state index in [2.05, 4.69) is 25.9 Å². The fraction of sp³-hybridized carbons (Fsp3) is 0.382.